The fraction of sp³-hybridized carbons (Fsp3) is 0.750. The van der Waals surface area contributed by atoms with E-state index in [0.29, 0.717) is 0 Å². The lowest BCUT2D eigenvalue weighted by Crippen LogP contribution is -2.61. The molecule has 1 aliphatic carbocycles. The van der Waals surface area contributed by atoms with Gasteiger partial charge in [-0.2, -0.15) is 5.26 Å². The lowest BCUT2D eigenvalue weighted by atomic mass is 9.83. The summed E-state index contributed by atoms with van der Waals surface area (Å²) in [7, 11) is 0. The molecular weight excluding hydrogens is 218 g/mol. The van der Waals surface area contributed by atoms with Crippen molar-refractivity contribution in [3.05, 3.63) is 0 Å². The van der Waals surface area contributed by atoms with Gasteiger partial charge in [0.2, 0.25) is 11.8 Å². The molecule has 17 heavy (non-hydrogen) atoms. The van der Waals surface area contributed by atoms with Crippen molar-refractivity contribution in [1.82, 2.24) is 10.2 Å². The molecule has 1 aliphatic heterocycles. The first-order valence-corrected chi connectivity index (χ1v) is 6.12. The summed E-state index contributed by atoms with van der Waals surface area (Å²) in [6.45, 7) is 2.03. The summed E-state index contributed by atoms with van der Waals surface area (Å²) in [5, 5.41) is 11.5. The highest BCUT2D eigenvalue weighted by Crippen LogP contribution is 2.29. The smallest absolute Gasteiger partial charge is 0.243 e. The number of carbonyl (C=O) groups is 2. The first-order valence-electron chi connectivity index (χ1n) is 6.12. The van der Waals surface area contributed by atoms with Crippen molar-refractivity contribution >= 4 is 11.8 Å². The third-order valence-electron chi connectivity index (χ3n) is 3.79. The molecule has 2 amide bonds. The number of nitriles is 1. The van der Waals surface area contributed by atoms with E-state index in [1.165, 1.54) is 0 Å². The van der Waals surface area contributed by atoms with E-state index in [0.717, 1.165) is 25.7 Å². The van der Waals surface area contributed by atoms with Gasteiger partial charge >= 0.3 is 0 Å². The van der Waals surface area contributed by atoms with E-state index in [2.05, 4.69) is 11.4 Å². The molecule has 2 aliphatic rings. The number of amides is 2. The minimum absolute atomic E-state index is 0.0510. The second-order valence-electron chi connectivity index (χ2n) is 4.85. The van der Waals surface area contributed by atoms with Crippen LogP contribution >= 0.6 is 0 Å². The van der Waals surface area contributed by atoms with Crippen LogP contribution < -0.4 is 5.32 Å². The lowest BCUT2D eigenvalue weighted by molar-refractivity contribution is -0.141. The Bertz CT molecular complexity index is 374. The molecule has 2 fully saturated rings. The van der Waals surface area contributed by atoms with E-state index in [1.54, 1.807) is 6.92 Å². The highest BCUT2D eigenvalue weighted by atomic mass is 16.2. The third-order valence-corrected chi connectivity index (χ3v) is 3.79. The zero-order valence-electron chi connectivity index (χ0n) is 9.98. The Labute approximate surface area is 101 Å². The van der Waals surface area contributed by atoms with Gasteiger partial charge in [0.05, 0.1) is 24.6 Å². The van der Waals surface area contributed by atoms with Gasteiger partial charge < -0.3 is 0 Å². The predicted octanol–water partition coefficient (Wildman–Crippen LogP) is 0.416. The number of rotatable bonds is 1. The second-order valence-corrected chi connectivity index (χ2v) is 4.85. The zero-order valence-corrected chi connectivity index (χ0v) is 9.98. The molecule has 0 aromatic heterocycles. The number of hydrogen-bond acceptors (Lipinski definition) is 4. The van der Waals surface area contributed by atoms with Gasteiger partial charge in [0, 0.05) is 6.04 Å². The SMILES string of the molecule is CC1C(=O)NC(=O)CN1C1CCCCC1C#N. The number of nitrogens with one attached hydrogen (secondary N) is 1. The van der Waals surface area contributed by atoms with Crippen LogP contribution in [-0.2, 0) is 9.59 Å². The van der Waals surface area contributed by atoms with Crippen LogP contribution in [0, 0.1) is 17.2 Å². The Kier molecular flexibility index (Phi) is 3.43. The van der Waals surface area contributed by atoms with Crippen molar-refractivity contribution in [3.8, 4) is 6.07 Å². The fourth-order valence-corrected chi connectivity index (χ4v) is 2.80. The van der Waals surface area contributed by atoms with E-state index in [-0.39, 0.29) is 36.4 Å². The number of carbonyl (C=O) groups excluding carboxylic acids is 2. The lowest BCUT2D eigenvalue weighted by Gasteiger charge is -2.41. The fourth-order valence-electron chi connectivity index (χ4n) is 2.80. The summed E-state index contributed by atoms with van der Waals surface area (Å²) in [5.74, 6) is -0.552. The number of hydrogen-bond donors (Lipinski definition) is 1. The highest BCUT2D eigenvalue weighted by molar-refractivity contribution is 6.00. The average molecular weight is 235 g/mol. The predicted molar refractivity (Wildman–Crippen MR) is 60.7 cm³/mol. The maximum absolute atomic E-state index is 11.6. The van der Waals surface area contributed by atoms with Crippen molar-refractivity contribution < 1.29 is 9.59 Å². The first-order chi connectivity index (χ1) is 8.13. The number of piperazine rings is 1. The van der Waals surface area contributed by atoms with Crippen molar-refractivity contribution in [2.24, 2.45) is 5.92 Å². The van der Waals surface area contributed by atoms with E-state index >= 15 is 0 Å². The topological polar surface area (TPSA) is 73.2 Å². The summed E-state index contributed by atoms with van der Waals surface area (Å²) >= 11 is 0. The molecule has 92 valence electrons. The molecule has 1 saturated carbocycles. The largest absolute Gasteiger partial charge is 0.294 e. The Morgan fingerprint density at radius 2 is 2.06 bits per heavy atom. The third kappa shape index (κ3) is 2.32. The van der Waals surface area contributed by atoms with Crippen LogP contribution in [0.2, 0.25) is 0 Å². The normalized spacial score (nSPS) is 35.2. The van der Waals surface area contributed by atoms with Crippen molar-refractivity contribution in [1.29, 1.82) is 5.26 Å². The van der Waals surface area contributed by atoms with Crippen LogP contribution in [0.4, 0.5) is 0 Å². The first kappa shape index (κ1) is 12.1. The molecule has 5 nitrogen and oxygen atoms in total. The van der Waals surface area contributed by atoms with Gasteiger partial charge in [-0.3, -0.25) is 19.8 Å². The molecule has 1 saturated heterocycles. The molecule has 1 heterocycles. The maximum Gasteiger partial charge on any atom is 0.243 e. The van der Waals surface area contributed by atoms with Crippen molar-refractivity contribution in [3.63, 3.8) is 0 Å². The Morgan fingerprint density at radius 3 is 2.76 bits per heavy atom. The van der Waals surface area contributed by atoms with Gasteiger partial charge in [0.15, 0.2) is 0 Å². The van der Waals surface area contributed by atoms with Gasteiger partial charge in [0.25, 0.3) is 0 Å². The summed E-state index contributed by atoms with van der Waals surface area (Å²) in [5.41, 5.74) is 0. The van der Waals surface area contributed by atoms with Gasteiger partial charge in [-0.05, 0) is 19.8 Å². The van der Waals surface area contributed by atoms with Gasteiger partial charge in [0.1, 0.15) is 0 Å². The molecule has 0 bridgehead atoms. The van der Waals surface area contributed by atoms with Crippen LogP contribution in [0.15, 0.2) is 0 Å². The number of imide groups is 1. The van der Waals surface area contributed by atoms with E-state index in [4.69, 9.17) is 5.26 Å². The molecule has 1 N–H and O–H groups in total. The number of nitrogens with zero attached hydrogens (tertiary/aromatic N) is 2. The summed E-state index contributed by atoms with van der Waals surface area (Å²) in [6, 6.07) is 2.06. The highest BCUT2D eigenvalue weighted by Gasteiger charge is 2.39. The molecular formula is C12H17N3O2. The summed E-state index contributed by atoms with van der Waals surface area (Å²) in [4.78, 5) is 24.9. The summed E-state index contributed by atoms with van der Waals surface area (Å²) in [6.07, 6.45) is 3.92. The monoisotopic (exact) mass is 235 g/mol. The Morgan fingerprint density at radius 1 is 1.35 bits per heavy atom. The van der Waals surface area contributed by atoms with E-state index < -0.39 is 0 Å². The average Bonchev–Trinajstić information content (AvgIpc) is 2.33. The van der Waals surface area contributed by atoms with E-state index in [1.807, 2.05) is 4.90 Å². The zero-order chi connectivity index (χ0) is 12.4. The molecule has 3 unspecified atom stereocenters. The molecule has 5 heteroatoms. The molecule has 0 spiro atoms. The van der Waals surface area contributed by atoms with Crippen LogP contribution in [0.5, 0.6) is 0 Å². The van der Waals surface area contributed by atoms with Crippen molar-refractivity contribution in [2.75, 3.05) is 6.54 Å². The van der Waals surface area contributed by atoms with Crippen LogP contribution in [0.25, 0.3) is 0 Å². The standard InChI is InChI=1S/C12H17N3O2/c1-8-12(17)14-11(16)7-15(8)10-5-3-2-4-9(10)6-13/h8-10H,2-5,7H2,1H3,(H,14,16,17). The Hall–Kier alpha value is -1.41. The van der Waals surface area contributed by atoms with Crippen LogP contribution in [0.3, 0.4) is 0 Å². The quantitative estimate of drug-likeness (QED) is 0.668. The Balaban J connectivity index is 2.16. The second kappa shape index (κ2) is 4.84. The van der Waals surface area contributed by atoms with Gasteiger partial charge in [-0.15, -0.1) is 0 Å². The van der Waals surface area contributed by atoms with Gasteiger partial charge in [-0.1, -0.05) is 12.8 Å². The van der Waals surface area contributed by atoms with Gasteiger partial charge in [-0.25, -0.2) is 0 Å². The molecule has 0 aromatic carbocycles. The van der Waals surface area contributed by atoms with Crippen molar-refractivity contribution in [2.45, 2.75) is 44.7 Å². The maximum atomic E-state index is 11.6. The molecule has 0 aromatic rings. The van der Waals surface area contributed by atoms with Crippen LogP contribution in [0.1, 0.15) is 32.6 Å². The van der Waals surface area contributed by atoms with E-state index in [9.17, 15) is 9.59 Å². The molecule has 2 rings (SSSR count). The summed E-state index contributed by atoms with van der Waals surface area (Å²) < 4.78 is 0. The molecule has 0 radical (unpaired) electrons. The minimum atomic E-state index is -0.313. The van der Waals surface area contributed by atoms with Crippen LogP contribution in [-0.4, -0.2) is 35.3 Å². The minimum Gasteiger partial charge on any atom is -0.294 e. The molecule has 3 atom stereocenters.